The quantitative estimate of drug-likeness (QED) is 0.667. The first kappa shape index (κ1) is 16.9. The molecule has 122 valence electrons. The number of aliphatic hydroxyl groups excluding tert-OH is 1. The van der Waals surface area contributed by atoms with E-state index in [9.17, 15) is 14.5 Å². The molecule has 1 heterocycles. The molecule has 3 atom stereocenters. The third-order valence-corrected chi connectivity index (χ3v) is 6.34. The van der Waals surface area contributed by atoms with E-state index in [4.69, 9.17) is 5.11 Å². The number of hydrogen-bond donors (Lipinski definition) is 3. The number of nitrogens with zero attached hydrogens (tertiary/aromatic N) is 1. The van der Waals surface area contributed by atoms with Gasteiger partial charge < -0.3 is 19.7 Å². The van der Waals surface area contributed by atoms with Crippen LogP contribution in [-0.2, 0) is 11.4 Å². The maximum Gasteiger partial charge on any atom is 0.407 e. The van der Waals surface area contributed by atoms with Gasteiger partial charge in [0.1, 0.15) is 4.75 Å². The predicted octanol–water partition coefficient (Wildman–Crippen LogP) is 1.32. The third-order valence-electron chi connectivity index (χ3n) is 4.72. The lowest BCUT2D eigenvalue weighted by molar-refractivity contribution is 0.0720. The fraction of sp³-hybridized carbons (Fsp3) is 0.929. The van der Waals surface area contributed by atoms with Crippen LogP contribution in [-0.4, -0.2) is 55.7 Å². The summed E-state index contributed by atoms with van der Waals surface area (Å²) >= 11 is -1.18. The minimum absolute atomic E-state index is 0.0106. The van der Waals surface area contributed by atoms with Gasteiger partial charge >= 0.3 is 6.09 Å². The molecule has 1 spiro atoms. The summed E-state index contributed by atoms with van der Waals surface area (Å²) in [6.45, 7) is 6.73. The van der Waals surface area contributed by atoms with Gasteiger partial charge in [0.15, 0.2) is 0 Å². The largest absolute Gasteiger partial charge is 0.598 e. The molecular weight excluding hydrogens is 292 g/mol. The molecule has 1 aliphatic carbocycles. The summed E-state index contributed by atoms with van der Waals surface area (Å²) in [6.07, 6.45) is 1.42. The van der Waals surface area contributed by atoms with Gasteiger partial charge in [-0.1, -0.05) is 0 Å². The van der Waals surface area contributed by atoms with Crippen LogP contribution >= 0.6 is 0 Å². The van der Waals surface area contributed by atoms with Crippen molar-refractivity contribution in [2.24, 2.45) is 5.41 Å². The van der Waals surface area contributed by atoms with Gasteiger partial charge in [0.25, 0.3) is 0 Å². The van der Waals surface area contributed by atoms with E-state index in [1.807, 2.05) is 20.8 Å². The standard InChI is InChI=1S/C14H26N2O4S/c1-13(2,3)21(20)15-11-8-10(17)9-14(11)4-6-16(7-5-14)12(18)19/h10-11,15,17H,4-9H2,1-3H3,(H,18,19)/t10-,11-,21?/m1/s1. The highest BCUT2D eigenvalue weighted by Gasteiger charge is 2.51. The van der Waals surface area contributed by atoms with Gasteiger partial charge in [0, 0.05) is 24.5 Å². The molecule has 2 aliphatic rings. The van der Waals surface area contributed by atoms with Crippen molar-refractivity contribution in [1.82, 2.24) is 9.62 Å². The van der Waals surface area contributed by atoms with Crippen LogP contribution in [0.3, 0.4) is 0 Å². The number of aliphatic hydroxyl groups is 1. The molecule has 1 aliphatic heterocycles. The highest BCUT2D eigenvalue weighted by molar-refractivity contribution is 7.90. The maximum absolute atomic E-state index is 12.3. The molecule has 21 heavy (non-hydrogen) atoms. The minimum Gasteiger partial charge on any atom is -0.598 e. The monoisotopic (exact) mass is 318 g/mol. The minimum atomic E-state index is -1.18. The van der Waals surface area contributed by atoms with Crippen LogP contribution in [0.15, 0.2) is 0 Å². The first-order valence-corrected chi connectivity index (χ1v) is 8.63. The second-order valence-corrected chi connectivity index (χ2v) is 9.28. The predicted molar refractivity (Wildman–Crippen MR) is 81.3 cm³/mol. The molecule has 1 saturated heterocycles. The van der Waals surface area contributed by atoms with E-state index in [0.717, 1.165) is 12.8 Å². The van der Waals surface area contributed by atoms with Crippen molar-refractivity contribution >= 4 is 17.5 Å². The van der Waals surface area contributed by atoms with Crippen molar-refractivity contribution < 1.29 is 19.6 Å². The Kier molecular flexibility index (Phi) is 4.78. The average molecular weight is 318 g/mol. The summed E-state index contributed by atoms with van der Waals surface area (Å²) in [7, 11) is 0. The summed E-state index contributed by atoms with van der Waals surface area (Å²) in [5.74, 6) is 0. The zero-order valence-electron chi connectivity index (χ0n) is 13.0. The fourth-order valence-electron chi connectivity index (χ4n) is 3.39. The molecule has 1 unspecified atom stereocenters. The van der Waals surface area contributed by atoms with E-state index in [-0.39, 0.29) is 16.2 Å². The smallest absolute Gasteiger partial charge is 0.407 e. The Morgan fingerprint density at radius 3 is 2.43 bits per heavy atom. The van der Waals surface area contributed by atoms with Gasteiger partial charge in [-0.15, -0.1) is 4.72 Å². The number of nitrogens with one attached hydrogen (secondary N) is 1. The summed E-state index contributed by atoms with van der Waals surface area (Å²) in [5, 5.41) is 19.1. The van der Waals surface area contributed by atoms with Gasteiger partial charge in [-0.05, 0) is 51.9 Å². The van der Waals surface area contributed by atoms with E-state index in [0.29, 0.717) is 25.9 Å². The number of hydrogen-bond acceptors (Lipinski definition) is 4. The van der Waals surface area contributed by atoms with Crippen LogP contribution in [0.2, 0.25) is 0 Å². The van der Waals surface area contributed by atoms with Crippen LogP contribution < -0.4 is 4.72 Å². The Hall–Kier alpha value is -0.500. The molecule has 1 amide bonds. The van der Waals surface area contributed by atoms with Gasteiger partial charge in [-0.3, -0.25) is 0 Å². The van der Waals surface area contributed by atoms with Crippen LogP contribution in [0.4, 0.5) is 4.79 Å². The first-order valence-electron chi connectivity index (χ1n) is 7.48. The number of carboxylic acid groups (broad SMARTS) is 1. The molecule has 0 aromatic heterocycles. The Labute approximate surface area is 129 Å². The Bertz CT molecular complexity index is 391. The van der Waals surface area contributed by atoms with Crippen LogP contribution in [0.1, 0.15) is 46.5 Å². The van der Waals surface area contributed by atoms with E-state index < -0.39 is 23.6 Å². The number of carbonyl (C=O) groups is 1. The maximum atomic E-state index is 12.3. The normalized spacial score (nSPS) is 30.6. The van der Waals surface area contributed by atoms with Crippen molar-refractivity contribution in [3.63, 3.8) is 0 Å². The third kappa shape index (κ3) is 3.64. The molecule has 0 radical (unpaired) electrons. The van der Waals surface area contributed by atoms with E-state index >= 15 is 0 Å². The fourth-order valence-corrected chi connectivity index (χ4v) is 4.35. The van der Waals surface area contributed by atoms with Crippen molar-refractivity contribution in [2.45, 2.75) is 63.3 Å². The second kappa shape index (κ2) is 5.95. The number of rotatable bonds is 2. The summed E-state index contributed by atoms with van der Waals surface area (Å²) in [6, 6.07) is -0.0106. The van der Waals surface area contributed by atoms with Crippen LogP contribution in [0.5, 0.6) is 0 Å². The van der Waals surface area contributed by atoms with Gasteiger partial charge in [-0.25, -0.2) is 4.79 Å². The molecule has 3 N–H and O–H groups in total. The molecule has 0 aromatic rings. The lowest BCUT2D eigenvalue weighted by Crippen LogP contribution is -2.53. The van der Waals surface area contributed by atoms with Gasteiger partial charge in [0.2, 0.25) is 0 Å². The topological polar surface area (TPSA) is 95.9 Å². The summed E-state index contributed by atoms with van der Waals surface area (Å²) in [5.41, 5.74) is -0.133. The van der Waals surface area contributed by atoms with Crippen LogP contribution in [0, 0.1) is 5.41 Å². The molecule has 0 bridgehead atoms. The zero-order chi connectivity index (χ0) is 15.8. The van der Waals surface area contributed by atoms with Crippen molar-refractivity contribution in [2.75, 3.05) is 13.1 Å². The lowest BCUT2D eigenvalue weighted by Gasteiger charge is -2.42. The van der Waals surface area contributed by atoms with E-state index in [2.05, 4.69) is 4.72 Å². The highest BCUT2D eigenvalue weighted by atomic mass is 32.2. The zero-order valence-corrected chi connectivity index (χ0v) is 13.8. The van der Waals surface area contributed by atoms with Crippen LogP contribution in [0.25, 0.3) is 0 Å². The molecule has 0 aromatic carbocycles. The molecule has 6 nitrogen and oxygen atoms in total. The first-order chi connectivity index (χ1) is 9.64. The molecular formula is C14H26N2O4S. The van der Waals surface area contributed by atoms with E-state index in [1.165, 1.54) is 4.90 Å². The second-order valence-electron chi connectivity index (χ2n) is 7.28. The Balaban J connectivity index is 2.05. The SMILES string of the molecule is CC(C)(C)[S+]([O-])N[C@@H]1C[C@@H](O)CC12CCN(C(=O)O)CC2. The highest BCUT2D eigenvalue weighted by Crippen LogP contribution is 2.47. The van der Waals surface area contributed by atoms with Crippen molar-refractivity contribution in [3.8, 4) is 0 Å². The lowest BCUT2D eigenvalue weighted by atomic mass is 9.74. The van der Waals surface area contributed by atoms with Crippen molar-refractivity contribution in [1.29, 1.82) is 0 Å². The van der Waals surface area contributed by atoms with E-state index in [1.54, 1.807) is 0 Å². The molecule has 7 heteroatoms. The summed E-state index contributed by atoms with van der Waals surface area (Å²) in [4.78, 5) is 12.4. The molecule has 2 rings (SSSR count). The number of piperidine rings is 1. The average Bonchev–Trinajstić information content (AvgIpc) is 2.64. The van der Waals surface area contributed by atoms with Gasteiger partial charge in [0.05, 0.1) is 12.1 Å². The number of likely N-dealkylation sites (tertiary alicyclic amines) is 1. The number of amides is 1. The molecule has 2 fully saturated rings. The molecule has 1 saturated carbocycles. The summed E-state index contributed by atoms with van der Waals surface area (Å²) < 4.78 is 15.2. The van der Waals surface area contributed by atoms with Gasteiger partial charge in [-0.2, -0.15) is 0 Å². The Morgan fingerprint density at radius 2 is 1.95 bits per heavy atom. The van der Waals surface area contributed by atoms with Crippen molar-refractivity contribution in [3.05, 3.63) is 0 Å². The Morgan fingerprint density at radius 1 is 1.38 bits per heavy atom.